The number of amides is 1. The van der Waals surface area contributed by atoms with Gasteiger partial charge in [-0.3, -0.25) is 9.78 Å². The summed E-state index contributed by atoms with van der Waals surface area (Å²) in [6.45, 7) is 0.513. The summed E-state index contributed by atoms with van der Waals surface area (Å²) in [6.07, 6.45) is 4.20. The van der Waals surface area contributed by atoms with Crippen LogP contribution in [0.2, 0.25) is 0 Å². The SMILES string of the molecule is O=C(NCCc1cccnc1)c1ccccc1O. The van der Waals surface area contributed by atoms with E-state index in [0.717, 1.165) is 5.56 Å². The highest BCUT2D eigenvalue weighted by Crippen LogP contribution is 2.14. The molecule has 4 heteroatoms. The third-order valence-electron chi connectivity index (χ3n) is 2.57. The lowest BCUT2D eigenvalue weighted by atomic mass is 10.1. The van der Waals surface area contributed by atoms with E-state index in [0.29, 0.717) is 18.5 Å². The van der Waals surface area contributed by atoms with Crippen LogP contribution >= 0.6 is 0 Å². The third-order valence-corrected chi connectivity index (χ3v) is 2.57. The Kier molecular flexibility index (Phi) is 3.91. The van der Waals surface area contributed by atoms with Gasteiger partial charge < -0.3 is 10.4 Å². The number of rotatable bonds is 4. The van der Waals surface area contributed by atoms with Crippen LogP contribution in [0.5, 0.6) is 5.75 Å². The fourth-order valence-electron chi connectivity index (χ4n) is 1.63. The van der Waals surface area contributed by atoms with Gasteiger partial charge in [-0.1, -0.05) is 18.2 Å². The number of carbonyl (C=O) groups is 1. The van der Waals surface area contributed by atoms with E-state index in [9.17, 15) is 9.90 Å². The molecule has 0 unspecified atom stereocenters. The van der Waals surface area contributed by atoms with Crippen LogP contribution in [-0.4, -0.2) is 22.5 Å². The van der Waals surface area contributed by atoms with Crippen molar-refractivity contribution in [1.29, 1.82) is 0 Å². The molecule has 0 aliphatic heterocycles. The Balaban J connectivity index is 1.88. The lowest BCUT2D eigenvalue weighted by Gasteiger charge is -2.06. The van der Waals surface area contributed by atoms with Crippen LogP contribution in [0.25, 0.3) is 0 Å². The van der Waals surface area contributed by atoms with Crippen molar-refractivity contribution in [2.45, 2.75) is 6.42 Å². The molecule has 1 amide bonds. The second-order valence-corrected chi connectivity index (χ2v) is 3.88. The van der Waals surface area contributed by atoms with Gasteiger partial charge in [0.1, 0.15) is 5.75 Å². The van der Waals surface area contributed by atoms with Crippen molar-refractivity contribution >= 4 is 5.91 Å². The van der Waals surface area contributed by atoms with Gasteiger partial charge in [0, 0.05) is 18.9 Å². The summed E-state index contributed by atoms with van der Waals surface area (Å²) in [4.78, 5) is 15.8. The zero-order valence-corrected chi connectivity index (χ0v) is 9.84. The monoisotopic (exact) mass is 242 g/mol. The molecule has 1 aromatic heterocycles. The molecule has 0 saturated carbocycles. The van der Waals surface area contributed by atoms with Crippen molar-refractivity contribution in [2.75, 3.05) is 6.54 Å². The first-order chi connectivity index (χ1) is 8.77. The maximum Gasteiger partial charge on any atom is 0.255 e. The lowest BCUT2D eigenvalue weighted by Crippen LogP contribution is -2.25. The molecular formula is C14H14N2O2. The molecule has 0 aliphatic carbocycles. The third kappa shape index (κ3) is 3.07. The summed E-state index contributed by atoms with van der Waals surface area (Å²) >= 11 is 0. The number of phenols is 1. The van der Waals surface area contributed by atoms with E-state index in [4.69, 9.17) is 0 Å². The molecule has 92 valence electrons. The van der Waals surface area contributed by atoms with Crippen molar-refractivity contribution in [1.82, 2.24) is 10.3 Å². The van der Waals surface area contributed by atoms with E-state index >= 15 is 0 Å². The van der Waals surface area contributed by atoms with E-state index in [1.165, 1.54) is 6.07 Å². The van der Waals surface area contributed by atoms with Crippen LogP contribution in [0.3, 0.4) is 0 Å². The van der Waals surface area contributed by atoms with E-state index in [-0.39, 0.29) is 11.7 Å². The van der Waals surface area contributed by atoms with E-state index in [1.54, 1.807) is 30.6 Å². The van der Waals surface area contributed by atoms with Crippen LogP contribution < -0.4 is 5.32 Å². The highest BCUT2D eigenvalue weighted by Gasteiger charge is 2.08. The number of phenolic OH excluding ortho intramolecular Hbond substituents is 1. The average Bonchev–Trinajstić information content (AvgIpc) is 2.40. The Labute approximate surface area is 105 Å². The number of pyridine rings is 1. The van der Waals surface area contributed by atoms with Crippen molar-refractivity contribution < 1.29 is 9.90 Å². The minimum Gasteiger partial charge on any atom is -0.507 e. The summed E-state index contributed by atoms with van der Waals surface area (Å²) in [7, 11) is 0. The van der Waals surface area contributed by atoms with Crippen molar-refractivity contribution in [3.8, 4) is 5.75 Å². The van der Waals surface area contributed by atoms with Crippen LogP contribution in [-0.2, 0) is 6.42 Å². The largest absolute Gasteiger partial charge is 0.507 e. The van der Waals surface area contributed by atoms with Crippen molar-refractivity contribution in [3.05, 3.63) is 59.9 Å². The molecule has 0 spiro atoms. The average molecular weight is 242 g/mol. The summed E-state index contributed by atoms with van der Waals surface area (Å²) in [5.41, 5.74) is 1.36. The number of aromatic nitrogens is 1. The molecule has 2 rings (SSSR count). The molecule has 0 saturated heterocycles. The van der Waals surface area contributed by atoms with Gasteiger partial charge >= 0.3 is 0 Å². The summed E-state index contributed by atoms with van der Waals surface area (Å²) in [5, 5.41) is 12.3. The number of para-hydroxylation sites is 1. The molecule has 0 atom stereocenters. The van der Waals surface area contributed by atoms with Gasteiger partial charge in [0.2, 0.25) is 0 Å². The van der Waals surface area contributed by atoms with Gasteiger partial charge in [0.25, 0.3) is 5.91 Å². The van der Waals surface area contributed by atoms with Gasteiger partial charge in [-0.2, -0.15) is 0 Å². The Morgan fingerprint density at radius 1 is 1.22 bits per heavy atom. The molecule has 0 radical (unpaired) electrons. The lowest BCUT2D eigenvalue weighted by molar-refractivity contribution is 0.0951. The normalized spacial score (nSPS) is 10.0. The molecule has 0 bridgehead atoms. The van der Waals surface area contributed by atoms with Gasteiger partial charge in [0.15, 0.2) is 0 Å². The minimum absolute atomic E-state index is 0.00335. The fourth-order valence-corrected chi connectivity index (χ4v) is 1.63. The molecule has 0 aliphatic rings. The molecule has 2 N–H and O–H groups in total. The zero-order valence-electron chi connectivity index (χ0n) is 9.84. The molecule has 2 aromatic rings. The molecule has 4 nitrogen and oxygen atoms in total. The summed E-state index contributed by atoms with van der Waals surface area (Å²) in [6, 6.07) is 10.3. The predicted molar refractivity (Wildman–Crippen MR) is 68.4 cm³/mol. The Morgan fingerprint density at radius 3 is 2.78 bits per heavy atom. The van der Waals surface area contributed by atoms with Gasteiger partial charge in [0.05, 0.1) is 5.56 Å². The Hall–Kier alpha value is -2.36. The molecule has 1 aromatic carbocycles. The van der Waals surface area contributed by atoms with Crippen LogP contribution in [0, 0.1) is 0 Å². The van der Waals surface area contributed by atoms with E-state index in [1.807, 2.05) is 12.1 Å². The predicted octanol–water partition coefficient (Wildman–Crippen LogP) is 1.76. The zero-order chi connectivity index (χ0) is 12.8. The number of nitrogens with one attached hydrogen (secondary N) is 1. The maximum absolute atomic E-state index is 11.8. The van der Waals surface area contributed by atoms with E-state index < -0.39 is 0 Å². The molecular weight excluding hydrogens is 228 g/mol. The summed E-state index contributed by atoms with van der Waals surface area (Å²) in [5.74, 6) is -0.270. The Morgan fingerprint density at radius 2 is 2.06 bits per heavy atom. The smallest absolute Gasteiger partial charge is 0.255 e. The number of benzene rings is 1. The number of nitrogens with zero attached hydrogens (tertiary/aromatic N) is 1. The Bertz CT molecular complexity index is 526. The van der Waals surface area contributed by atoms with E-state index in [2.05, 4.69) is 10.3 Å². The first-order valence-electron chi connectivity index (χ1n) is 5.72. The summed E-state index contributed by atoms with van der Waals surface area (Å²) < 4.78 is 0. The number of hydrogen-bond acceptors (Lipinski definition) is 3. The highest BCUT2D eigenvalue weighted by molar-refractivity contribution is 5.96. The number of aromatic hydroxyl groups is 1. The maximum atomic E-state index is 11.8. The number of hydrogen-bond donors (Lipinski definition) is 2. The van der Waals surface area contributed by atoms with Gasteiger partial charge in [-0.25, -0.2) is 0 Å². The first kappa shape index (κ1) is 12.1. The second-order valence-electron chi connectivity index (χ2n) is 3.88. The van der Waals surface area contributed by atoms with Crippen molar-refractivity contribution in [2.24, 2.45) is 0 Å². The standard InChI is InChI=1S/C14H14N2O2/c17-13-6-2-1-5-12(13)14(18)16-9-7-11-4-3-8-15-10-11/h1-6,8,10,17H,7,9H2,(H,16,18). The molecule has 18 heavy (non-hydrogen) atoms. The first-order valence-corrected chi connectivity index (χ1v) is 5.72. The minimum atomic E-state index is -0.267. The highest BCUT2D eigenvalue weighted by atomic mass is 16.3. The quantitative estimate of drug-likeness (QED) is 0.858. The second kappa shape index (κ2) is 5.82. The topological polar surface area (TPSA) is 62.2 Å². The van der Waals surface area contributed by atoms with Gasteiger partial charge in [-0.05, 0) is 30.2 Å². The molecule has 1 heterocycles. The fraction of sp³-hybridized carbons (Fsp3) is 0.143. The van der Waals surface area contributed by atoms with Crippen molar-refractivity contribution in [3.63, 3.8) is 0 Å². The molecule has 0 fully saturated rings. The van der Waals surface area contributed by atoms with Crippen LogP contribution in [0.4, 0.5) is 0 Å². The number of carbonyl (C=O) groups excluding carboxylic acids is 1. The van der Waals surface area contributed by atoms with Crippen LogP contribution in [0.1, 0.15) is 15.9 Å². The van der Waals surface area contributed by atoms with Crippen LogP contribution in [0.15, 0.2) is 48.8 Å². The van der Waals surface area contributed by atoms with Gasteiger partial charge in [-0.15, -0.1) is 0 Å².